The molecule has 216 valence electrons. The number of allylic oxidation sites excluding steroid dienone is 3. The van der Waals surface area contributed by atoms with Crippen molar-refractivity contribution in [1.82, 2.24) is 0 Å². The zero-order valence-electron chi connectivity index (χ0n) is 25.5. The maximum absolute atomic E-state index is 14.4. The van der Waals surface area contributed by atoms with E-state index in [1.807, 2.05) is 30.3 Å². The summed E-state index contributed by atoms with van der Waals surface area (Å²) in [5, 5.41) is 0. The summed E-state index contributed by atoms with van der Waals surface area (Å²) < 4.78 is 5.02. The zero-order chi connectivity index (χ0) is 28.9. The quantitative estimate of drug-likeness (QED) is 0.311. The van der Waals surface area contributed by atoms with Gasteiger partial charge in [-0.1, -0.05) is 58.9 Å². The summed E-state index contributed by atoms with van der Waals surface area (Å²) in [6.45, 7) is 19.3. The van der Waals surface area contributed by atoms with Gasteiger partial charge in [0.2, 0.25) is 0 Å². The van der Waals surface area contributed by atoms with E-state index in [4.69, 9.17) is 10.5 Å². The van der Waals surface area contributed by atoms with Gasteiger partial charge in [-0.3, -0.25) is 9.59 Å². The minimum absolute atomic E-state index is 0.0509. The van der Waals surface area contributed by atoms with E-state index in [1.165, 1.54) is 31.3 Å². The highest BCUT2D eigenvalue weighted by Gasteiger charge is 2.71. The monoisotopic (exact) mass is 543 g/mol. The molecule has 2 N–H and O–H groups in total. The first kappa shape index (κ1) is 27.9. The fourth-order valence-electron chi connectivity index (χ4n) is 11.8. The summed E-state index contributed by atoms with van der Waals surface area (Å²) in [6.07, 6.45) is 11.1. The molecule has 1 aromatic carbocycles. The van der Waals surface area contributed by atoms with E-state index < -0.39 is 0 Å². The Morgan fingerprint density at radius 2 is 1.62 bits per heavy atom. The number of fused-ring (bicyclic) bond motifs is 7. The second-order valence-corrected chi connectivity index (χ2v) is 15.6. The molecule has 4 nitrogen and oxygen atoms in total. The van der Waals surface area contributed by atoms with Gasteiger partial charge in [-0.15, -0.1) is 0 Å². The van der Waals surface area contributed by atoms with E-state index in [-0.39, 0.29) is 33.1 Å². The molecule has 0 saturated heterocycles. The van der Waals surface area contributed by atoms with E-state index in [0.29, 0.717) is 41.7 Å². The molecule has 0 radical (unpaired) electrons. The second kappa shape index (κ2) is 8.90. The van der Waals surface area contributed by atoms with E-state index in [2.05, 4.69) is 48.1 Å². The van der Waals surface area contributed by atoms with Crippen molar-refractivity contribution in [2.45, 2.75) is 98.4 Å². The minimum Gasteiger partial charge on any atom is -0.429 e. The Labute approximate surface area is 241 Å². The number of hydrogen-bond donors (Lipinski definition) is 1. The number of nitrogens with two attached hydrogens (primary N) is 1. The molecule has 0 spiro atoms. The van der Waals surface area contributed by atoms with Crippen LogP contribution in [0.5, 0.6) is 5.75 Å². The van der Waals surface area contributed by atoms with Crippen LogP contribution in [0, 0.1) is 51.2 Å². The van der Waals surface area contributed by atoms with Crippen molar-refractivity contribution in [2.24, 2.45) is 57.0 Å². The van der Waals surface area contributed by atoms with Gasteiger partial charge < -0.3 is 10.5 Å². The van der Waals surface area contributed by atoms with E-state index in [0.717, 1.165) is 36.8 Å². The number of ether oxygens (including phenoxy) is 1. The van der Waals surface area contributed by atoms with Crippen molar-refractivity contribution >= 4 is 17.8 Å². The van der Waals surface area contributed by atoms with Crippen molar-refractivity contribution in [3.8, 4) is 5.75 Å². The Hall–Kier alpha value is -2.20. The number of rotatable bonds is 4. The summed E-state index contributed by atoms with van der Waals surface area (Å²) in [6, 6.07) is 7.62. The van der Waals surface area contributed by atoms with Gasteiger partial charge in [0, 0.05) is 11.0 Å². The van der Waals surface area contributed by atoms with Crippen molar-refractivity contribution in [3.05, 3.63) is 48.1 Å². The average Bonchev–Trinajstić information content (AvgIpc) is 3.25. The van der Waals surface area contributed by atoms with E-state index in [1.54, 1.807) is 0 Å². The van der Waals surface area contributed by atoms with Gasteiger partial charge in [-0.05, 0) is 133 Å². The first-order chi connectivity index (χ1) is 18.7. The SMILES string of the molecule is C=C(C)[C@@H]1CC[C@]2(N)CC[C@]3(C)[C@H](CC[C@@H]4[C@@]5(C)C(=O)C=C(c6ccc(OC=O)cc6)C(C)(C)[C@@H]5CC[C@]43C)[C@@H]12. The molecule has 5 aliphatic rings. The van der Waals surface area contributed by atoms with Crippen LogP contribution in [-0.4, -0.2) is 17.8 Å². The molecule has 0 heterocycles. The average molecular weight is 544 g/mol. The predicted molar refractivity (Wildman–Crippen MR) is 160 cm³/mol. The molecule has 6 rings (SSSR count). The number of ketones is 1. The fraction of sp³-hybridized carbons (Fsp3) is 0.667. The maximum Gasteiger partial charge on any atom is 0.298 e. The largest absolute Gasteiger partial charge is 0.429 e. The van der Waals surface area contributed by atoms with Crippen LogP contribution in [0.4, 0.5) is 0 Å². The van der Waals surface area contributed by atoms with Crippen LogP contribution in [-0.2, 0) is 9.59 Å². The van der Waals surface area contributed by atoms with Gasteiger partial charge >= 0.3 is 0 Å². The highest BCUT2D eigenvalue weighted by atomic mass is 16.5. The Bertz CT molecular complexity index is 1280. The molecule has 4 heteroatoms. The van der Waals surface area contributed by atoms with Crippen LogP contribution in [0.3, 0.4) is 0 Å². The third-order valence-electron chi connectivity index (χ3n) is 14.0. The number of carbonyl (C=O) groups is 2. The smallest absolute Gasteiger partial charge is 0.298 e. The standard InChI is InChI=1S/C36H49NO3/c1-22(2)25-14-17-36(37)19-18-33(5)26(31(25)36)12-13-29-34(33,6)16-15-28-32(3,4)27(20-30(39)35(28,29)7)23-8-10-24(11-9-23)40-21-38/h8-11,20-21,25-26,28-29,31H,1,12-19,37H2,2-7H3/t25-,26+,28-,29-,31+,33+,34+,35-,36-/m0/s1. The molecular formula is C36H49NO3. The molecular weight excluding hydrogens is 494 g/mol. The molecule has 0 bridgehead atoms. The third-order valence-corrected chi connectivity index (χ3v) is 14.0. The highest BCUT2D eigenvalue weighted by Crippen LogP contribution is 2.76. The Kier molecular flexibility index (Phi) is 6.22. The van der Waals surface area contributed by atoms with Gasteiger partial charge in [0.1, 0.15) is 5.75 Å². The van der Waals surface area contributed by atoms with Crippen LogP contribution in [0.2, 0.25) is 0 Å². The van der Waals surface area contributed by atoms with Crippen LogP contribution >= 0.6 is 0 Å². The molecule has 0 aromatic heterocycles. The predicted octanol–water partition coefficient (Wildman–Crippen LogP) is 7.76. The first-order valence-corrected chi connectivity index (χ1v) is 15.7. The molecule has 4 saturated carbocycles. The number of carbonyl (C=O) groups excluding carboxylic acids is 2. The lowest BCUT2D eigenvalue weighted by atomic mass is 9.32. The Morgan fingerprint density at radius 3 is 2.27 bits per heavy atom. The van der Waals surface area contributed by atoms with E-state index >= 15 is 0 Å². The second-order valence-electron chi connectivity index (χ2n) is 15.6. The van der Waals surface area contributed by atoms with Gasteiger partial charge in [-0.25, -0.2) is 0 Å². The molecule has 1 aromatic rings. The van der Waals surface area contributed by atoms with Crippen molar-refractivity contribution in [3.63, 3.8) is 0 Å². The molecule has 4 fully saturated rings. The lowest BCUT2D eigenvalue weighted by Gasteiger charge is -2.71. The number of benzene rings is 1. The summed E-state index contributed by atoms with van der Waals surface area (Å²) in [4.78, 5) is 25.2. The van der Waals surface area contributed by atoms with Gasteiger partial charge in [0.05, 0.1) is 0 Å². The number of hydrogen-bond acceptors (Lipinski definition) is 4. The van der Waals surface area contributed by atoms with Crippen molar-refractivity contribution < 1.29 is 14.3 Å². The minimum atomic E-state index is -0.380. The van der Waals surface area contributed by atoms with Gasteiger partial charge in [-0.2, -0.15) is 0 Å². The summed E-state index contributed by atoms with van der Waals surface area (Å²) in [7, 11) is 0. The molecule has 0 aliphatic heterocycles. The fourth-order valence-corrected chi connectivity index (χ4v) is 11.8. The van der Waals surface area contributed by atoms with Crippen LogP contribution in [0.1, 0.15) is 98.5 Å². The van der Waals surface area contributed by atoms with Crippen LogP contribution < -0.4 is 10.5 Å². The first-order valence-electron chi connectivity index (χ1n) is 15.7. The maximum atomic E-state index is 14.4. The topological polar surface area (TPSA) is 69.4 Å². The normalized spacial score (nSPS) is 45.3. The van der Waals surface area contributed by atoms with Crippen molar-refractivity contribution in [2.75, 3.05) is 0 Å². The summed E-state index contributed by atoms with van der Waals surface area (Å²) >= 11 is 0. The summed E-state index contributed by atoms with van der Waals surface area (Å²) in [5.74, 6) is 3.12. The van der Waals surface area contributed by atoms with Crippen LogP contribution in [0.25, 0.3) is 5.57 Å². The van der Waals surface area contributed by atoms with Crippen LogP contribution in [0.15, 0.2) is 42.5 Å². The lowest BCUT2D eigenvalue weighted by Crippen LogP contribution is -2.68. The molecule has 9 atom stereocenters. The van der Waals surface area contributed by atoms with Gasteiger partial charge in [0.25, 0.3) is 6.47 Å². The van der Waals surface area contributed by atoms with Gasteiger partial charge in [0.15, 0.2) is 5.78 Å². The highest BCUT2D eigenvalue weighted by molar-refractivity contribution is 6.04. The Morgan fingerprint density at radius 1 is 0.925 bits per heavy atom. The molecule has 40 heavy (non-hydrogen) atoms. The zero-order valence-corrected chi connectivity index (χ0v) is 25.5. The molecule has 5 aliphatic carbocycles. The molecule has 0 amide bonds. The molecule has 0 unspecified atom stereocenters. The lowest BCUT2D eigenvalue weighted by molar-refractivity contribution is -0.214. The van der Waals surface area contributed by atoms with E-state index in [9.17, 15) is 9.59 Å². The Balaban J connectivity index is 1.39. The van der Waals surface area contributed by atoms with Crippen molar-refractivity contribution in [1.29, 1.82) is 0 Å². The third kappa shape index (κ3) is 3.47. The summed E-state index contributed by atoms with van der Waals surface area (Å²) in [5.41, 5.74) is 10.4.